The fraction of sp³-hybridized carbons (Fsp3) is 0.429. The van der Waals surface area contributed by atoms with Crippen molar-refractivity contribution in [1.82, 2.24) is 15.0 Å². The fourth-order valence-corrected chi connectivity index (χ4v) is 5.54. The van der Waals surface area contributed by atoms with Gasteiger partial charge < -0.3 is 14.6 Å². The molecule has 0 bridgehead atoms. The minimum absolute atomic E-state index is 0.191. The Morgan fingerprint density at radius 2 is 2.17 bits per heavy atom. The van der Waals surface area contributed by atoms with Crippen molar-refractivity contribution in [3.05, 3.63) is 36.7 Å². The summed E-state index contributed by atoms with van der Waals surface area (Å²) in [7, 11) is -2.28. The van der Waals surface area contributed by atoms with Crippen LogP contribution in [0.2, 0.25) is 0 Å². The van der Waals surface area contributed by atoms with Crippen LogP contribution in [0.3, 0.4) is 0 Å². The third-order valence-corrected chi connectivity index (χ3v) is 7.91. The van der Waals surface area contributed by atoms with Crippen molar-refractivity contribution in [1.29, 1.82) is 0 Å². The van der Waals surface area contributed by atoms with Crippen LogP contribution >= 0.6 is 0 Å². The maximum atomic E-state index is 13.0. The molecule has 152 valence electrons. The van der Waals surface area contributed by atoms with E-state index in [1.165, 1.54) is 0 Å². The minimum Gasteiger partial charge on any atom is -0.377 e. The van der Waals surface area contributed by atoms with Gasteiger partial charge in [0.1, 0.15) is 5.65 Å². The molecule has 1 N–H and O–H groups in total. The van der Waals surface area contributed by atoms with Gasteiger partial charge in [-0.25, -0.2) is 14.2 Å². The number of fused-ring (bicyclic) bond motifs is 1. The highest BCUT2D eigenvalue weighted by Crippen LogP contribution is 2.35. The summed E-state index contributed by atoms with van der Waals surface area (Å²) >= 11 is 0. The second-order valence-electron chi connectivity index (χ2n) is 7.94. The summed E-state index contributed by atoms with van der Waals surface area (Å²) in [5.41, 5.74) is 3.67. The van der Waals surface area contributed by atoms with E-state index in [0.717, 1.165) is 47.4 Å². The Bertz CT molecular complexity index is 1180. The van der Waals surface area contributed by atoms with Crippen molar-refractivity contribution in [2.45, 2.75) is 31.1 Å². The summed E-state index contributed by atoms with van der Waals surface area (Å²) in [4.78, 5) is 14.7. The first-order valence-electron chi connectivity index (χ1n) is 10.0. The van der Waals surface area contributed by atoms with Gasteiger partial charge in [0.15, 0.2) is 5.82 Å². The first-order valence-corrected chi connectivity index (χ1v) is 12.0. The van der Waals surface area contributed by atoms with Gasteiger partial charge in [-0.05, 0) is 38.0 Å². The molecule has 5 rings (SSSR count). The van der Waals surface area contributed by atoms with Crippen molar-refractivity contribution in [3.63, 3.8) is 0 Å². The van der Waals surface area contributed by atoms with Gasteiger partial charge in [0.05, 0.1) is 28.6 Å². The predicted octanol–water partition coefficient (Wildman–Crippen LogP) is 3.74. The molecule has 3 aromatic rings. The number of nitrogens with one attached hydrogen (secondary N) is 1. The van der Waals surface area contributed by atoms with Crippen molar-refractivity contribution in [3.8, 4) is 11.3 Å². The van der Waals surface area contributed by atoms with E-state index in [-0.39, 0.29) is 11.3 Å². The molecule has 29 heavy (non-hydrogen) atoms. The van der Waals surface area contributed by atoms with E-state index in [1.54, 1.807) is 12.5 Å². The molecule has 2 fully saturated rings. The number of rotatable bonds is 4. The minimum atomic E-state index is -2.28. The van der Waals surface area contributed by atoms with Gasteiger partial charge in [-0.1, -0.05) is 0 Å². The summed E-state index contributed by atoms with van der Waals surface area (Å²) in [5, 5.41) is 1.20. The lowest BCUT2D eigenvalue weighted by Gasteiger charge is -2.35. The largest absolute Gasteiger partial charge is 0.377 e. The van der Waals surface area contributed by atoms with E-state index >= 15 is 0 Å². The first kappa shape index (κ1) is 18.6. The first-order chi connectivity index (χ1) is 14.0. The molecule has 1 aliphatic carbocycles. The van der Waals surface area contributed by atoms with Crippen LogP contribution in [0.5, 0.6) is 0 Å². The average Bonchev–Trinajstić information content (AvgIpc) is 3.46. The molecule has 1 saturated carbocycles. The summed E-state index contributed by atoms with van der Waals surface area (Å²) < 4.78 is 23.3. The maximum Gasteiger partial charge on any atom is 0.164 e. The molecule has 2 aliphatic rings. The molecule has 0 radical (unpaired) electrons. The number of hydrogen-bond acceptors (Lipinski definition) is 6. The lowest BCUT2D eigenvalue weighted by Crippen LogP contribution is -2.43. The lowest BCUT2D eigenvalue weighted by atomic mass is 10.1. The van der Waals surface area contributed by atoms with Crippen LogP contribution in [0.25, 0.3) is 22.3 Å². The molecular formula is C21H25N5O2S. The van der Waals surface area contributed by atoms with Crippen LogP contribution in [0.1, 0.15) is 19.8 Å². The molecule has 7 nitrogen and oxygen atoms in total. The molecule has 1 aliphatic heterocycles. The highest BCUT2D eigenvalue weighted by molar-refractivity contribution is 7.93. The maximum absolute atomic E-state index is 13.0. The number of anilines is 1. The van der Waals surface area contributed by atoms with Crippen molar-refractivity contribution >= 4 is 32.3 Å². The van der Waals surface area contributed by atoms with Gasteiger partial charge in [-0.3, -0.25) is 0 Å². The highest BCUT2D eigenvalue weighted by Gasteiger charge is 2.31. The van der Waals surface area contributed by atoms with Gasteiger partial charge in [0.2, 0.25) is 0 Å². The van der Waals surface area contributed by atoms with Crippen molar-refractivity contribution in [2.24, 2.45) is 4.36 Å². The zero-order chi connectivity index (χ0) is 20.0. The normalized spacial score (nSPS) is 21.9. The van der Waals surface area contributed by atoms with E-state index in [0.29, 0.717) is 19.0 Å². The smallest absolute Gasteiger partial charge is 0.164 e. The number of H-pyrrole nitrogens is 1. The molecular weight excluding hydrogens is 386 g/mol. The highest BCUT2D eigenvalue weighted by atomic mass is 32.2. The number of pyridine rings is 2. The molecule has 3 aromatic heterocycles. The van der Waals surface area contributed by atoms with E-state index in [9.17, 15) is 4.21 Å². The topological polar surface area (TPSA) is 83.5 Å². The zero-order valence-electron chi connectivity index (χ0n) is 16.7. The van der Waals surface area contributed by atoms with Crippen LogP contribution in [0, 0.1) is 0 Å². The van der Waals surface area contributed by atoms with Gasteiger partial charge in [-0.15, -0.1) is 0 Å². The second kappa shape index (κ2) is 7.11. The average molecular weight is 412 g/mol. The molecule has 8 heteroatoms. The Hall–Kier alpha value is -2.45. The molecule has 0 aromatic carbocycles. The number of ether oxygens (including phenoxy) is 1. The zero-order valence-corrected chi connectivity index (χ0v) is 17.5. The van der Waals surface area contributed by atoms with Gasteiger partial charge in [0.25, 0.3) is 0 Å². The van der Waals surface area contributed by atoms with Crippen LogP contribution < -0.4 is 4.90 Å². The van der Waals surface area contributed by atoms with Crippen LogP contribution in [0.4, 0.5) is 11.5 Å². The Balaban J connectivity index is 1.68. The summed E-state index contributed by atoms with van der Waals surface area (Å²) in [5.74, 6) is 0.538. The van der Waals surface area contributed by atoms with Crippen molar-refractivity contribution < 1.29 is 8.95 Å². The van der Waals surface area contributed by atoms with E-state index < -0.39 is 9.73 Å². The van der Waals surface area contributed by atoms with E-state index in [4.69, 9.17) is 9.72 Å². The molecule has 0 unspecified atom stereocenters. The third kappa shape index (κ3) is 3.62. The van der Waals surface area contributed by atoms with Crippen molar-refractivity contribution in [2.75, 3.05) is 30.9 Å². The Morgan fingerprint density at radius 1 is 1.31 bits per heavy atom. The van der Waals surface area contributed by atoms with Crippen LogP contribution in [-0.2, 0) is 14.5 Å². The standard InChI is InChI=1S/C21H25N5O2S/c1-14-13-28-10-9-26(14)15-11-19(17-5-7-22-21-18(17)6-8-23-21)24-20(12-15)25-29(2,27)16-3-4-16/h5-8,11-12,14,16H,3-4,9-10,13H2,1-2H3,(H,22,23)/t14-,29+/m1/s1. The monoisotopic (exact) mass is 411 g/mol. The van der Waals surface area contributed by atoms with Gasteiger partial charge in [0, 0.05) is 59.2 Å². The number of morpholine rings is 1. The van der Waals surface area contributed by atoms with Gasteiger partial charge >= 0.3 is 0 Å². The molecule has 4 heterocycles. The SMILES string of the molecule is C[C@@H]1COCCN1c1cc(N=[S@@](C)(=O)C2CC2)nc(-c2ccnc3[nH]ccc23)c1. The molecule has 1 saturated heterocycles. The van der Waals surface area contributed by atoms with E-state index in [2.05, 4.69) is 32.2 Å². The summed E-state index contributed by atoms with van der Waals surface area (Å²) in [6.07, 6.45) is 7.39. The number of hydrogen-bond donors (Lipinski definition) is 1. The number of aromatic nitrogens is 3. The molecule has 0 amide bonds. The van der Waals surface area contributed by atoms with Crippen LogP contribution in [0.15, 0.2) is 41.0 Å². The summed E-state index contributed by atoms with van der Waals surface area (Å²) in [6, 6.07) is 8.29. The Labute approximate surface area is 170 Å². The number of nitrogens with zero attached hydrogens (tertiary/aromatic N) is 4. The third-order valence-electron chi connectivity index (χ3n) is 5.65. The molecule has 0 spiro atoms. The van der Waals surface area contributed by atoms with Gasteiger partial charge in [-0.2, -0.15) is 4.36 Å². The summed E-state index contributed by atoms with van der Waals surface area (Å²) in [6.45, 7) is 4.34. The number of aromatic amines is 1. The van der Waals surface area contributed by atoms with E-state index in [1.807, 2.05) is 24.4 Å². The lowest BCUT2D eigenvalue weighted by molar-refractivity contribution is 0.0989. The van der Waals surface area contributed by atoms with Crippen LogP contribution in [-0.4, -0.2) is 56.5 Å². The Kier molecular flexibility index (Phi) is 4.55. The second-order valence-corrected chi connectivity index (χ2v) is 10.5. The predicted molar refractivity (Wildman–Crippen MR) is 116 cm³/mol. The quantitative estimate of drug-likeness (QED) is 0.707. The fourth-order valence-electron chi connectivity index (χ4n) is 3.91. The Morgan fingerprint density at radius 3 is 2.97 bits per heavy atom. The molecule has 2 atom stereocenters.